The van der Waals surface area contributed by atoms with E-state index < -0.39 is 0 Å². The molecule has 4 rings (SSSR count). The summed E-state index contributed by atoms with van der Waals surface area (Å²) in [6.07, 6.45) is 6.38. The quantitative estimate of drug-likeness (QED) is 0.423. The van der Waals surface area contributed by atoms with Gasteiger partial charge in [0.2, 0.25) is 0 Å². The average molecular weight is 390 g/mol. The summed E-state index contributed by atoms with van der Waals surface area (Å²) in [5.41, 5.74) is 7.08. The second kappa shape index (κ2) is 8.50. The Kier molecular flexibility index (Phi) is 5.65. The van der Waals surface area contributed by atoms with Crippen LogP contribution in [0.3, 0.4) is 0 Å². The first-order chi connectivity index (χ1) is 13.7. The van der Waals surface area contributed by atoms with E-state index in [2.05, 4.69) is 59.8 Å². The lowest BCUT2D eigenvalue weighted by atomic mass is 10.0. The van der Waals surface area contributed by atoms with Crippen LogP contribution in [0, 0.1) is 6.92 Å². The average Bonchev–Trinajstić information content (AvgIpc) is 3.41. The zero-order chi connectivity index (χ0) is 19.3. The van der Waals surface area contributed by atoms with Crippen LogP contribution < -0.4 is 0 Å². The van der Waals surface area contributed by atoms with Crippen molar-refractivity contribution in [3.8, 4) is 16.9 Å². The minimum atomic E-state index is 0.663. The fourth-order valence-electron chi connectivity index (χ4n) is 3.13. The van der Waals surface area contributed by atoms with E-state index in [1.165, 1.54) is 16.7 Å². The fraction of sp³-hybridized carbons (Fsp3) is 0.217. The van der Waals surface area contributed by atoms with Crippen molar-refractivity contribution in [2.24, 2.45) is 0 Å². The number of aryl methyl sites for hydroxylation is 1. The maximum atomic E-state index is 5.54. The van der Waals surface area contributed by atoms with Crippen molar-refractivity contribution in [2.75, 3.05) is 6.61 Å². The van der Waals surface area contributed by atoms with Gasteiger partial charge in [0.15, 0.2) is 0 Å². The Morgan fingerprint density at radius 3 is 2.71 bits per heavy atom. The molecular weight excluding hydrogens is 366 g/mol. The van der Waals surface area contributed by atoms with E-state index in [0.29, 0.717) is 6.61 Å². The highest BCUT2D eigenvalue weighted by atomic mass is 32.1. The smallest absolute Gasteiger partial charge is 0.0991 e. The topological polar surface area (TPSA) is 39.9 Å². The number of rotatable bonds is 7. The summed E-state index contributed by atoms with van der Waals surface area (Å²) in [7, 11) is 0. The van der Waals surface area contributed by atoms with E-state index in [4.69, 9.17) is 9.72 Å². The number of nitrogens with zero attached hydrogens (tertiary/aromatic N) is 3. The predicted molar refractivity (Wildman–Crippen MR) is 114 cm³/mol. The van der Waals surface area contributed by atoms with Gasteiger partial charge in [-0.15, -0.1) is 11.3 Å². The van der Waals surface area contributed by atoms with Gasteiger partial charge in [0.25, 0.3) is 0 Å². The Hall–Kier alpha value is -2.76. The lowest BCUT2D eigenvalue weighted by Crippen LogP contribution is -1.97. The summed E-state index contributed by atoms with van der Waals surface area (Å²) in [5.74, 6) is 0. The van der Waals surface area contributed by atoms with E-state index in [0.717, 1.165) is 35.0 Å². The van der Waals surface area contributed by atoms with Crippen molar-refractivity contribution in [3.63, 3.8) is 0 Å². The van der Waals surface area contributed by atoms with Crippen LogP contribution in [0.15, 0.2) is 66.6 Å². The maximum Gasteiger partial charge on any atom is 0.0991 e. The molecule has 0 fully saturated rings. The molecule has 0 amide bonds. The van der Waals surface area contributed by atoms with Crippen molar-refractivity contribution in [3.05, 3.63) is 88.3 Å². The molecule has 5 heteroatoms. The highest BCUT2D eigenvalue weighted by molar-refractivity contribution is 7.10. The molecule has 4 nitrogen and oxygen atoms in total. The first kappa shape index (κ1) is 18.6. The molecule has 0 radical (unpaired) electrons. The third-order valence-electron chi connectivity index (χ3n) is 4.75. The van der Waals surface area contributed by atoms with E-state index >= 15 is 0 Å². The van der Waals surface area contributed by atoms with Crippen molar-refractivity contribution in [1.29, 1.82) is 0 Å². The summed E-state index contributed by atoms with van der Waals surface area (Å²) in [4.78, 5) is 8.97. The molecule has 2 heterocycles. The zero-order valence-corrected chi connectivity index (χ0v) is 16.9. The Labute approximate surface area is 169 Å². The third-order valence-corrected chi connectivity index (χ3v) is 5.59. The Morgan fingerprint density at radius 2 is 1.96 bits per heavy atom. The van der Waals surface area contributed by atoms with Crippen LogP contribution in [0.2, 0.25) is 0 Å². The number of benzene rings is 2. The van der Waals surface area contributed by atoms with Gasteiger partial charge in [0.05, 0.1) is 23.6 Å². The molecule has 0 unspecified atom stereocenters. The van der Waals surface area contributed by atoms with E-state index in [1.807, 2.05) is 17.7 Å². The number of hydrogen-bond donors (Lipinski definition) is 0. The van der Waals surface area contributed by atoms with Gasteiger partial charge in [-0.1, -0.05) is 30.3 Å². The number of imidazole rings is 1. The molecule has 0 aliphatic heterocycles. The number of thiazole rings is 1. The first-order valence-corrected chi connectivity index (χ1v) is 10.3. The molecule has 0 saturated heterocycles. The molecule has 0 aliphatic carbocycles. The molecule has 0 spiro atoms. The van der Waals surface area contributed by atoms with Gasteiger partial charge in [-0.3, -0.25) is 0 Å². The van der Waals surface area contributed by atoms with Gasteiger partial charge in [0, 0.05) is 42.1 Å². The normalized spacial score (nSPS) is 11.1. The van der Waals surface area contributed by atoms with Crippen LogP contribution in [0.25, 0.3) is 16.9 Å². The van der Waals surface area contributed by atoms with Crippen molar-refractivity contribution < 1.29 is 4.74 Å². The second-order valence-corrected chi connectivity index (χ2v) is 7.66. The Bertz CT molecular complexity index is 1040. The molecule has 28 heavy (non-hydrogen) atoms. The van der Waals surface area contributed by atoms with Crippen molar-refractivity contribution >= 4 is 11.3 Å². The van der Waals surface area contributed by atoms with Crippen LogP contribution in [-0.2, 0) is 17.8 Å². The largest absolute Gasteiger partial charge is 0.377 e. The number of ether oxygens (including phenoxy) is 1. The Balaban J connectivity index is 1.50. The Morgan fingerprint density at radius 1 is 1.11 bits per heavy atom. The van der Waals surface area contributed by atoms with E-state index in [-0.39, 0.29) is 0 Å². The summed E-state index contributed by atoms with van der Waals surface area (Å²) in [6.45, 7) is 5.58. The monoisotopic (exact) mass is 389 g/mol. The molecule has 0 N–H and O–H groups in total. The first-order valence-electron chi connectivity index (χ1n) is 9.42. The second-order valence-electron chi connectivity index (χ2n) is 6.72. The van der Waals surface area contributed by atoms with Gasteiger partial charge in [-0.25, -0.2) is 9.97 Å². The minimum Gasteiger partial charge on any atom is -0.377 e. The summed E-state index contributed by atoms with van der Waals surface area (Å²) >= 11 is 1.72. The van der Waals surface area contributed by atoms with Gasteiger partial charge >= 0.3 is 0 Å². The molecule has 0 bridgehead atoms. The zero-order valence-electron chi connectivity index (χ0n) is 16.1. The lowest BCUT2D eigenvalue weighted by Gasteiger charge is -2.08. The summed E-state index contributed by atoms with van der Waals surface area (Å²) < 4.78 is 7.54. The van der Waals surface area contributed by atoms with Crippen molar-refractivity contribution in [1.82, 2.24) is 14.5 Å². The van der Waals surface area contributed by atoms with Crippen molar-refractivity contribution in [2.45, 2.75) is 26.9 Å². The molecular formula is C23H23N3OS. The molecule has 142 valence electrons. The van der Waals surface area contributed by atoms with Crippen LogP contribution in [0.1, 0.15) is 28.6 Å². The number of hydrogen-bond acceptors (Lipinski definition) is 4. The summed E-state index contributed by atoms with van der Waals surface area (Å²) in [5, 5.41) is 3.27. The minimum absolute atomic E-state index is 0.663. The SMILES string of the molecule is CCOCc1ccc(C)c(Cc2nc(-c3ccc(-n4ccnc4)cc3)cs2)c1. The third kappa shape index (κ3) is 4.21. The van der Waals surface area contributed by atoms with Gasteiger partial charge in [-0.05, 0) is 42.7 Å². The van der Waals surface area contributed by atoms with Gasteiger partial charge in [-0.2, -0.15) is 0 Å². The highest BCUT2D eigenvalue weighted by Crippen LogP contribution is 2.25. The van der Waals surface area contributed by atoms with Crippen LogP contribution in [0.5, 0.6) is 0 Å². The maximum absolute atomic E-state index is 5.54. The number of aromatic nitrogens is 3. The van der Waals surface area contributed by atoms with Gasteiger partial charge in [0.1, 0.15) is 0 Å². The predicted octanol–water partition coefficient (Wildman–Crippen LogP) is 5.43. The van der Waals surface area contributed by atoms with E-state index in [9.17, 15) is 0 Å². The van der Waals surface area contributed by atoms with Gasteiger partial charge < -0.3 is 9.30 Å². The molecule has 2 aromatic heterocycles. The molecule has 4 aromatic rings. The molecule has 0 atom stereocenters. The van der Waals surface area contributed by atoms with Crippen LogP contribution in [0.4, 0.5) is 0 Å². The fourth-order valence-corrected chi connectivity index (χ4v) is 3.96. The summed E-state index contributed by atoms with van der Waals surface area (Å²) in [6, 6.07) is 15.0. The molecule has 2 aromatic carbocycles. The lowest BCUT2D eigenvalue weighted by molar-refractivity contribution is 0.134. The standard InChI is InChI=1S/C23H23N3OS/c1-3-27-14-18-5-4-17(2)20(12-18)13-23-25-22(15-28-23)19-6-8-21(9-7-19)26-11-10-24-16-26/h4-12,15-16H,3,13-14H2,1-2H3. The van der Waals surface area contributed by atoms with Crippen LogP contribution >= 0.6 is 11.3 Å². The van der Waals surface area contributed by atoms with Crippen LogP contribution in [-0.4, -0.2) is 21.1 Å². The molecule has 0 saturated carbocycles. The highest BCUT2D eigenvalue weighted by Gasteiger charge is 2.08. The van der Waals surface area contributed by atoms with E-state index in [1.54, 1.807) is 23.9 Å². The molecule has 0 aliphatic rings.